The third kappa shape index (κ3) is 6.03. The highest BCUT2D eigenvalue weighted by molar-refractivity contribution is 5.75. The molecule has 17 heavy (non-hydrogen) atoms. The van der Waals surface area contributed by atoms with Gasteiger partial charge in [0, 0.05) is 20.5 Å². The van der Waals surface area contributed by atoms with Crippen LogP contribution >= 0.6 is 0 Å². The molecule has 100 valence electrons. The maximum absolute atomic E-state index is 11.3. The highest BCUT2D eigenvalue weighted by atomic mass is 16.3. The van der Waals surface area contributed by atoms with Gasteiger partial charge in [-0.05, 0) is 51.1 Å². The van der Waals surface area contributed by atoms with Crippen molar-refractivity contribution in [3.63, 3.8) is 0 Å². The molecule has 0 aromatic rings. The Balaban J connectivity index is 1.96. The number of rotatable bonds is 6. The maximum Gasteiger partial charge on any atom is 0.222 e. The first-order chi connectivity index (χ1) is 8.09. The molecule has 0 spiro atoms. The van der Waals surface area contributed by atoms with Gasteiger partial charge in [-0.2, -0.15) is 0 Å². The topological polar surface area (TPSA) is 52.6 Å². The van der Waals surface area contributed by atoms with Crippen molar-refractivity contribution in [3.8, 4) is 0 Å². The molecular weight excluding hydrogens is 216 g/mol. The third-order valence-electron chi connectivity index (χ3n) is 3.49. The van der Waals surface area contributed by atoms with Crippen molar-refractivity contribution in [2.24, 2.45) is 5.92 Å². The molecule has 2 N–H and O–H groups in total. The summed E-state index contributed by atoms with van der Waals surface area (Å²) in [4.78, 5) is 13.0. The minimum atomic E-state index is -0.0658. The van der Waals surface area contributed by atoms with Crippen LogP contribution in [-0.4, -0.2) is 49.2 Å². The molecule has 0 atom stereocenters. The summed E-state index contributed by atoms with van der Waals surface area (Å²) in [7, 11) is 3.59. The monoisotopic (exact) mass is 242 g/mol. The first-order valence-electron chi connectivity index (χ1n) is 6.68. The number of hydrogen-bond acceptors (Lipinski definition) is 3. The number of aliphatic hydroxyl groups is 1. The van der Waals surface area contributed by atoms with E-state index in [9.17, 15) is 9.90 Å². The Labute approximate surface area is 104 Å². The fourth-order valence-corrected chi connectivity index (χ4v) is 2.24. The molecule has 1 aliphatic rings. The van der Waals surface area contributed by atoms with Gasteiger partial charge in [0.05, 0.1) is 6.10 Å². The summed E-state index contributed by atoms with van der Waals surface area (Å²) in [5.74, 6) is 0.913. The summed E-state index contributed by atoms with van der Waals surface area (Å²) < 4.78 is 0. The van der Waals surface area contributed by atoms with Gasteiger partial charge in [0.2, 0.25) is 5.91 Å². The number of hydrogen-bond donors (Lipinski definition) is 2. The van der Waals surface area contributed by atoms with Crippen molar-refractivity contribution in [2.75, 3.05) is 27.2 Å². The van der Waals surface area contributed by atoms with Crippen LogP contribution in [0.3, 0.4) is 0 Å². The van der Waals surface area contributed by atoms with Crippen LogP contribution in [0.1, 0.15) is 38.5 Å². The molecule has 0 aromatic carbocycles. The normalized spacial score (nSPS) is 24.6. The lowest BCUT2D eigenvalue weighted by Gasteiger charge is -2.25. The van der Waals surface area contributed by atoms with Gasteiger partial charge < -0.3 is 15.3 Å². The molecule has 1 aliphatic carbocycles. The fourth-order valence-electron chi connectivity index (χ4n) is 2.24. The van der Waals surface area contributed by atoms with Crippen molar-refractivity contribution in [1.29, 1.82) is 0 Å². The lowest BCUT2D eigenvalue weighted by atomic mass is 9.87. The summed E-state index contributed by atoms with van der Waals surface area (Å²) in [6.07, 6.45) is 5.63. The van der Waals surface area contributed by atoms with E-state index in [0.717, 1.165) is 45.2 Å². The molecule has 0 aliphatic heterocycles. The largest absolute Gasteiger partial charge is 0.393 e. The lowest BCUT2D eigenvalue weighted by molar-refractivity contribution is -0.128. The van der Waals surface area contributed by atoms with E-state index in [1.165, 1.54) is 0 Å². The highest BCUT2D eigenvalue weighted by Crippen LogP contribution is 2.23. The molecule has 0 aromatic heterocycles. The van der Waals surface area contributed by atoms with Crippen molar-refractivity contribution >= 4 is 5.91 Å². The average Bonchev–Trinajstić information content (AvgIpc) is 2.30. The zero-order valence-electron chi connectivity index (χ0n) is 11.1. The lowest BCUT2D eigenvalue weighted by Crippen LogP contribution is -2.29. The molecule has 0 unspecified atom stereocenters. The fraction of sp³-hybridized carbons (Fsp3) is 0.923. The number of nitrogens with zero attached hydrogens (tertiary/aromatic N) is 1. The minimum Gasteiger partial charge on any atom is -0.393 e. The van der Waals surface area contributed by atoms with Crippen LogP contribution in [-0.2, 0) is 4.79 Å². The summed E-state index contributed by atoms with van der Waals surface area (Å²) in [5.41, 5.74) is 0. The highest BCUT2D eigenvalue weighted by Gasteiger charge is 2.18. The number of nitrogens with one attached hydrogen (secondary N) is 1. The van der Waals surface area contributed by atoms with Gasteiger partial charge in [-0.1, -0.05) is 0 Å². The van der Waals surface area contributed by atoms with Crippen LogP contribution in [0.4, 0.5) is 0 Å². The Morgan fingerprint density at radius 2 is 1.94 bits per heavy atom. The van der Waals surface area contributed by atoms with Crippen molar-refractivity contribution < 1.29 is 9.90 Å². The van der Waals surface area contributed by atoms with Crippen LogP contribution in [0.25, 0.3) is 0 Å². The van der Waals surface area contributed by atoms with E-state index in [1.54, 1.807) is 19.0 Å². The standard InChI is InChI=1S/C13H26N2O2/c1-15(2)13(17)4-3-9-14-10-11-5-7-12(16)8-6-11/h11-12,14,16H,3-10H2,1-2H3. The van der Waals surface area contributed by atoms with E-state index in [2.05, 4.69) is 5.32 Å². The van der Waals surface area contributed by atoms with Crippen molar-refractivity contribution in [1.82, 2.24) is 10.2 Å². The zero-order valence-corrected chi connectivity index (χ0v) is 11.1. The quantitative estimate of drug-likeness (QED) is 0.683. The van der Waals surface area contributed by atoms with Crippen molar-refractivity contribution in [3.05, 3.63) is 0 Å². The molecule has 0 bridgehead atoms. The molecule has 0 radical (unpaired) electrons. The Morgan fingerprint density at radius 3 is 2.53 bits per heavy atom. The molecule has 4 nitrogen and oxygen atoms in total. The predicted molar refractivity (Wildman–Crippen MR) is 68.8 cm³/mol. The number of carbonyl (C=O) groups is 1. The summed E-state index contributed by atoms with van der Waals surface area (Å²) in [6.45, 7) is 1.95. The SMILES string of the molecule is CN(C)C(=O)CCCNCC1CCC(O)CC1. The van der Waals surface area contributed by atoms with E-state index in [0.29, 0.717) is 12.3 Å². The van der Waals surface area contributed by atoms with Gasteiger partial charge in [0.25, 0.3) is 0 Å². The average molecular weight is 242 g/mol. The second kappa shape index (κ2) is 7.67. The second-order valence-electron chi connectivity index (χ2n) is 5.27. The van der Waals surface area contributed by atoms with Gasteiger partial charge in [0.1, 0.15) is 0 Å². The Bertz CT molecular complexity index is 223. The van der Waals surface area contributed by atoms with E-state index in [-0.39, 0.29) is 12.0 Å². The Kier molecular flexibility index (Phi) is 6.52. The third-order valence-corrected chi connectivity index (χ3v) is 3.49. The van der Waals surface area contributed by atoms with E-state index < -0.39 is 0 Å². The smallest absolute Gasteiger partial charge is 0.222 e. The minimum absolute atomic E-state index is 0.0658. The molecule has 1 amide bonds. The number of carbonyl (C=O) groups excluding carboxylic acids is 1. The second-order valence-corrected chi connectivity index (χ2v) is 5.27. The van der Waals surface area contributed by atoms with Crippen LogP contribution in [0.5, 0.6) is 0 Å². The van der Waals surface area contributed by atoms with Gasteiger partial charge in [-0.15, -0.1) is 0 Å². The molecule has 1 fully saturated rings. The molecule has 1 saturated carbocycles. The Morgan fingerprint density at radius 1 is 1.29 bits per heavy atom. The van der Waals surface area contributed by atoms with E-state index in [4.69, 9.17) is 0 Å². The summed E-state index contributed by atoms with van der Waals surface area (Å²) >= 11 is 0. The molecule has 0 saturated heterocycles. The first kappa shape index (κ1) is 14.5. The van der Waals surface area contributed by atoms with Crippen LogP contribution in [0, 0.1) is 5.92 Å². The van der Waals surface area contributed by atoms with Gasteiger partial charge in [-0.3, -0.25) is 4.79 Å². The number of aliphatic hydroxyl groups excluding tert-OH is 1. The molecule has 0 heterocycles. The van der Waals surface area contributed by atoms with Gasteiger partial charge in [-0.25, -0.2) is 0 Å². The number of amides is 1. The van der Waals surface area contributed by atoms with Gasteiger partial charge >= 0.3 is 0 Å². The zero-order chi connectivity index (χ0) is 12.7. The summed E-state index contributed by atoms with van der Waals surface area (Å²) in [5, 5.41) is 12.8. The van der Waals surface area contributed by atoms with Gasteiger partial charge in [0.15, 0.2) is 0 Å². The van der Waals surface area contributed by atoms with E-state index in [1.807, 2.05) is 0 Å². The summed E-state index contributed by atoms with van der Waals surface area (Å²) in [6, 6.07) is 0. The van der Waals surface area contributed by atoms with Crippen LogP contribution < -0.4 is 5.32 Å². The molecule has 1 rings (SSSR count). The van der Waals surface area contributed by atoms with Crippen LogP contribution in [0.15, 0.2) is 0 Å². The Hall–Kier alpha value is -0.610. The molecular formula is C13H26N2O2. The first-order valence-corrected chi connectivity index (χ1v) is 6.68. The maximum atomic E-state index is 11.3. The van der Waals surface area contributed by atoms with Crippen molar-refractivity contribution in [2.45, 2.75) is 44.6 Å². The predicted octanol–water partition coefficient (Wildman–Crippen LogP) is 0.995. The van der Waals surface area contributed by atoms with Crippen LogP contribution in [0.2, 0.25) is 0 Å². The molecule has 4 heteroatoms. The van der Waals surface area contributed by atoms with E-state index >= 15 is 0 Å².